The monoisotopic (exact) mass is 258 g/mol. The van der Waals surface area contributed by atoms with Crippen LogP contribution in [-0.2, 0) is 4.12 Å². The molecule has 72 valence electrons. The number of rotatable bonds is 2. The maximum Gasteiger partial charge on any atom is 3.00 e. The first-order chi connectivity index (χ1) is 3.71. The minimum absolute atomic E-state index is 0. The molecular weight excluding hydrogens is 254 g/mol. The van der Waals surface area contributed by atoms with Crippen molar-refractivity contribution in [3.63, 3.8) is 0 Å². The fourth-order valence-electron chi connectivity index (χ4n) is 0.153. The molecule has 0 unspecified atom stereocenters. The van der Waals surface area contributed by atoms with Crippen molar-refractivity contribution in [2.45, 2.75) is 0 Å². The standard InChI is InChI=1S/2Al.O7Si2.2H2O/c;;1-8(2,3)7-9(4,5)6;;/h;;;2*1H2/q2*+3;-6;;. The summed E-state index contributed by atoms with van der Waals surface area (Å²) in [6, 6.07) is 0. The molecule has 0 bridgehead atoms. The van der Waals surface area contributed by atoms with Crippen LogP contribution in [0.15, 0.2) is 0 Å². The van der Waals surface area contributed by atoms with E-state index in [4.69, 9.17) is 0 Å². The van der Waals surface area contributed by atoms with Gasteiger partial charge in [0.1, 0.15) is 0 Å². The molecule has 0 amide bonds. The summed E-state index contributed by atoms with van der Waals surface area (Å²) >= 11 is 0. The Morgan fingerprint density at radius 1 is 0.615 bits per heavy atom. The van der Waals surface area contributed by atoms with Gasteiger partial charge in [-0.25, -0.2) is 0 Å². The summed E-state index contributed by atoms with van der Waals surface area (Å²) in [5.74, 6) is 0. The fourth-order valence-corrected chi connectivity index (χ4v) is 1.38. The van der Waals surface area contributed by atoms with Crippen LogP contribution >= 0.6 is 0 Å². The van der Waals surface area contributed by atoms with Crippen molar-refractivity contribution < 1.29 is 43.8 Å². The molecule has 0 heterocycles. The zero-order valence-corrected chi connectivity index (χ0v) is 10.3. The molecule has 0 fully saturated rings. The Bertz CT molecular complexity index is 80.8. The van der Waals surface area contributed by atoms with Crippen molar-refractivity contribution in [2.24, 2.45) is 0 Å². The van der Waals surface area contributed by atoms with E-state index in [1.807, 2.05) is 0 Å². The van der Waals surface area contributed by atoms with Crippen molar-refractivity contribution in [2.75, 3.05) is 0 Å². The van der Waals surface area contributed by atoms with Gasteiger partial charge in [0.2, 0.25) is 0 Å². The van der Waals surface area contributed by atoms with Gasteiger partial charge in [-0.15, -0.1) is 18.1 Å². The molecule has 0 aliphatic rings. The molecule has 0 aliphatic heterocycles. The van der Waals surface area contributed by atoms with E-state index in [0.29, 0.717) is 0 Å². The van der Waals surface area contributed by atoms with Crippen LogP contribution in [0, 0.1) is 0 Å². The van der Waals surface area contributed by atoms with E-state index >= 15 is 0 Å². The first kappa shape index (κ1) is 29.2. The summed E-state index contributed by atoms with van der Waals surface area (Å²) in [5, 5.41) is 0. The van der Waals surface area contributed by atoms with E-state index in [-0.39, 0.29) is 45.7 Å². The molecule has 0 atom stereocenters. The van der Waals surface area contributed by atoms with Crippen LogP contribution in [0.5, 0.6) is 0 Å². The third-order valence-electron chi connectivity index (χ3n) is 0.250. The summed E-state index contributed by atoms with van der Waals surface area (Å²) in [4.78, 5) is 56.2. The maximum atomic E-state index is 9.36. The molecular formula is H4Al2O9Si2. The van der Waals surface area contributed by atoms with Gasteiger partial charge in [-0.3, -0.25) is 0 Å². The van der Waals surface area contributed by atoms with Gasteiger partial charge in [0.25, 0.3) is 0 Å². The number of hydrogen-bond donors (Lipinski definition) is 0. The predicted molar refractivity (Wildman–Crippen MR) is 31.3 cm³/mol. The molecule has 0 saturated heterocycles. The summed E-state index contributed by atoms with van der Waals surface area (Å²) < 4.78 is 2.57. The first-order valence-electron chi connectivity index (χ1n) is 1.63. The molecule has 0 aromatic heterocycles. The Morgan fingerprint density at radius 2 is 0.769 bits per heavy atom. The first-order valence-corrected chi connectivity index (χ1v) is 4.90. The van der Waals surface area contributed by atoms with Gasteiger partial charge in [0, 0.05) is 0 Å². The molecule has 0 radical (unpaired) electrons. The van der Waals surface area contributed by atoms with Gasteiger partial charge in [0.05, 0.1) is 0 Å². The van der Waals surface area contributed by atoms with Gasteiger partial charge in [-0.05, 0) is 0 Å². The Kier molecular flexibility index (Phi) is 21.8. The average Bonchev–Trinajstić information content (AvgIpc) is 1.14. The van der Waals surface area contributed by atoms with Crippen LogP contribution in [0.2, 0.25) is 0 Å². The molecule has 0 saturated carbocycles. The minimum Gasteiger partial charge on any atom is -0.862 e. The molecule has 0 aliphatic carbocycles. The van der Waals surface area contributed by atoms with Gasteiger partial charge < -0.3 is 43.8 Å². The summed E-state index contributed by atoms with van der Waals surface area (Å²) in [6.45, 7) is 0. The Hall–Kier alpha value is 1.14. The normalized spacial score (nSPS) is 9.69. The molecule has 0 aromatic carbocycles. The van der Waals surface area contributed by atoms with Crippen LogP contribution in [0.1, 0.15) is 0 Å². The second-order valence-corrected chi connectivity index (χ2v) is 3.92. The third-order valence-corrected chi connectivity index (χ3v) is 2.25. The van der Waals surface area contributed by atoms with E-state index in [9.17, 15) is 28.8 Å². The minimum atomic E-state index is -5.92. The van der Waals surface area contributed by atoms with Crippen LogP contribution in [0.4, 0.5) is 0 Å². The van der Waals surface area contributed by atoms with Crippen molar-refractivity contribution in [3.05, 3.63) is 0 Å². The van der Waals surface area contributed by atoms with Gasteiger partial charge in [-0.1, -0.05) is 0 Å². The third kappa shape index (κ3) is 32.0. The molecule has 0 aromatic rings. The van der Waals surface area contributed by atoms with Crippen LogP contribution in [-0.4, -0.2) is 63.8 Å². The molecule has 13 heteroatoms. The Balaban J connectivity index is -0.0000000533. The predicted octanol–water partition coefficient (Wildman–Crippen LogP) is -10.4. The molecule has 0 spiro atoms. The molecule has 4 N–H and O–H groups in total. The van der Waals surface area contributed by atoms with Crippen molar-refractivity contribution >= 4 is 52.8 Å². The van der Waals surface area contributed by atoms with Crippen molar-refractivity contribution in [3.8, 4) is 0 Å². The zero-order chi connectivity index (χ0) is 7.71. The maximum absolute atomic E-state index is 9.36. The largest absolute Gasteiger partial charge is 3.00 e. The Labute approximate surface area is 96.7 Å². The van der Waals surface area contributed by atoms with Gasteiger partial charge >= 0.3 is 34.7 Å². The average molecular weight is 258 g/mol. The Morgan fingerprint density at radius 3 is 0.769 bits per heavy atom. The molecule has 13 heavy (non-hydrogen) atoms. The van der Waals surface area contributed by atoms with E-state index in [1.54, 1.807) is 0 Å². The quantitative estimate of drug-likeness (QED) is 0.435. The summed E-state index contributed by atoms with van der Waals surface area (Å²) in [7, 11) is -11.8. The van der Waals surface area contributed by atoms with Crippen molar-refractivity contribution in [1.82, 2.24) is 0 Å². The van der Waals surface area contributed by atoms with E-state index < -0.39 is 18.1 Å². The summed E-state index contributed by atoms with van der Waals surface area (Å²) in [5.41, 5.74) is 0. The van der Waals surface area contributed by atoms with Crippen LogP contribution in [0.3, 0.4) is 0 Å². The molecule has 0 rings (SSSR count). The second kappa shape index (κ2) is 9.68. The summed E-state index contributed by atoms with van der Waals surface area (Å²) in [6.07, 6.45) is 0. The molecule has 9 nitrogen and oxygen atoms in total. The second-order valence-electron chi connectivity index (χ2n) is 1.10. The fraction of sp³-hybridized carbons (Fsp3) is 0. The number of hydrogen-bond acceptors (Lipinski definition) is 7. The van der Waals surface area contributed by atoms with Crippen LogP contribution < -0.4 is 28.8 Å². The van der Waals surface area contributed by atoms with Crippen LogP contribution in [0.25, 0.3) is 0 Å². The topological polar surface area (TPSA) is 211 Å². The van der Waals surface area contributed by atoms with Gasteiger partial charge in [0.15, 0.2) is 0 Å². The van der Waals surface area contributed by atoms with E-state index in [2.05, 4.69) is 4.12 Å². The van der Waals surface area contributed by atoms with E-state index in [0.717, 1.165) is 0 Å². The van der Waals surface area contributed by atoms with Crippen molar-refractivity contribution in [1.29, 1.82) is 0 Å². The SMILES string of the molecule is O.O.[Al+3].[Al+3].[O-][Si]([O-])([O-])O[Si]([O-])([O-])[O-]. The van der Waals surface area contributed by atoms with Gasteiger partial charge in [-0.2, -0.15) is 0 Å². The smallest absolute Gasteiger partial charge is 0.862 e. The van der Waals surface area contributed by atoms with E-state index in [1.165, 1.54) is 0 Å². The zero-order valence-electron chi connectivity index (χ0n) is 6.01.